The Hall–Kier alpha value is -0.350. The molecule has 1 atom stereocenters. The van der Waals surface area contributed by atoms with E-state index < -0.39 is 0 Å². The molecular weight excluding hydrogens is 330 g/mol. The van der Waals surface area contributed by atoms with Gasteiger partial charge in [-0.3, -0.25) is 0 Å². The highest BCUT2D eigenvalue weighted by molar-refractivity contribution is 9.11. The summed E-state index contributed by atoms with van der Waals surface area (Å²) in [6, 6.07) is 12.4. The van der Waals surface area contributed by atoms with Gasteiger partial charge in [-0.2, -0.15) is 0 Å². The smallest absolute Gasteiger partial charge is 0.0701 e. The molecule has 0 aliphatic heterocycles. The van der Waals surface area contributed by atoms with Gasteiger partial charge in [-0.1, -0.05) is 29.8 Å². The van der Waals surface area contributed by atoms with E-state index in [1.54, 1.807) is 11.3 Å². The van der Waals surface area contributed by atoms with Crippen LogP contribution < -0.4 is 5.32 Å². The lowest BCUT2D eigenvalue weighted by Crippen LogP contribution is -2.19. The molecule has 1 unspecified atom stereocenters. The zero-order valence-corrected chi connectivity index (χ0v) is 13.3. The van der Waals surface area contributed by atoms with Gasteiger partial charge >= 0.3 is 0 Å². The second-order valence-corrected chi connectivity index (χ2v) is 7.14. The van der Waals surface area contributed by atoms with Crippen molar-refractivity contribution in [3.05, 3.63) is 55.6 Å². The van der Waals surface area contributed by atoms with Crippen molar-refractivity contribution in [3.8, 4) is 0 Å². The van der Waals surface area contributed by atoms with E-state index in [-0.39, 0.29) is 0 Å². The fourth-order valence-corrected chi connectivity index (χ4v) is 3.90. The number of nitrogens with one attached hydrogen (secondary N) is 1. The Labute approximate surface area is 125 Å². The molecule has 4 heteroatoms. The molecule has 0 saturated heterocycles. The van der Waals surface area contributed by atoms with Gasteiger partial charge in [-0.25, -0.2) is 0 Å². The molecule has 2 rings (SSSR count). The van der Waals surface area contributed by atoms with Gasteiger partial charge in [-0.15, -0.1) is 11.3 Å². The first-order valence-electron chi connectivity index (χ1n) is 5.84. The minimum absolute atomic E-state index is 0.411. The van der Waals surface area contributed by atoms with Crippen LogP contribution in [0.15, 0.2) is 40.2 Å². The van der Waals surface area contributed by atoms with Crippen LogP contribution in [0, 0.1) is 0 Å². The zero-order valence-electron chi connectivity index (χ0n) is 10.1. The normalized spacial score (nSPS) is 12.6. The first-order chi connectivity index (χ1) is 8.70. The van der Waals surface area contributed by atoms with E-state index >= 15 is 0 Å². The first kappa shape index (κ1) is 14.1. The van der Waals surface area contributed by atoms with Crippen molar-refractivity contribution in [2.24, 2.45) is 0 Å². The van der Waals surface area contributed by atoms with Gasteiger partial charge in [0.15, 0.2) is 0 Å². The minimum Gasteiger partial charge on any atom is -0.319 e. The Kier molecular flexibility index (Phi) is 5.25. The lowest BCUT2D eigenvalue weighted by molar-refractivity contribution is 0.630. The zero-order chi connectivity index (χ0) is 13.0. The van der Waals surface area contributed by atoms with Crippen LogP contribution in [0.3, 0.4) is 0 Å². The SMILES string of the molecule is CNCC(Cc1ccc(Br)s1)c1ccccc1Cl. The number of likely N-dealkylation sites (N-methyl/N-ethyl adjacent to an activating group) is 1. The van der Waals surface area contributed by atoms with E-state index in [4.69, 9.17) is 11.6 Å². The Balaban J connectivity index is 2.20. The lowest BCUT2D eigenvalue weighted by atomic mass is 9.95. The van der Waals surface area contributed by atoms with Crippen molar-refractivity contribution in [3.63, 3.8) is 0 Å². The van der Waals surface area contributed by atoms with Gasteiger partial charge in [0.25, 0.3) is 0 Å². The third-order valence-corrected chi connectivity index (χ3v) is 4.86. The number of halogens is 2. The van der Waals surface area contributed by atoms with Gasteiger partial charge in [0.05, 0.1) is 3.79 Å². The highest BCUT2D eigenvalue weighted by Crippen LogP contribution is 2.30. The maximum absolute atomic E-state index is 6.29. The van der Waals surface area contributed by atoms with Crippen LogP contribution in [0.1, 0.15) is 16.4 Å². The highest BCUT2D eigenvalue weighted by atomic mass is 79.9. The van der Waals surface area contributed by atoms with Crippen molar-refractivity contribution >= 4 is 38.9 Å². The molecule has 1 aromatic heterocycles. The van der Waals surface area contributed by atoms with E-state index in [1.807, 2.05) is 25.2 Å². The van der Waals surface area contributed by atoms with Gasteiger partial charge in [0.2, 0.25) is 0 Å². The molecule has 0 spiro atoms. The highest BCUT2D eigenvalue weighted by Gasteiger charge is 2.15. The molecule has 0 bridgehead atoms. The third kappa shape index (κ3) is 3.58. The summed E-state index contributed by atoms with van der Waals surface area (Å²) in [5.41, 5.74) is 1.22. The van der Waals surface area contributed by atoms with Crippen LogP contribution in [0.2, 0.25) is 5.02 Å². The molecule has 0 fully saturated rings. The lowest BCUT2D eigenvalue weighted by Gasteiger charge is -2.17. The first-order valence-corrected chi connectivity index (χ1v) is 7.82. The van der Waals surface area contributed by atoms with Crippen LogP contribution in [0.4, 0.5) is 0 Å². The average Bonchev–Trinajstić information content (AvgIpc) is 2.75. The molecule has 96 valence electrons. The predicted octanol–water partition coefficient (Wildman–Crippen LogP) is 4.71. The number of thiophene rings is 1. The van der Waals surface area contributed by atoms with E-state index in [1.165, 1.54) is 14.2 Å². The number of hydrogen-bond donors (Lipinski definition) is 1. The van der Waals surface area contributed by atoms with E-state index in [9.17, 15) is 0 Å². The standard InChI is InChI=1S/C14H15BrClNS/c1-17-9-10(8-11-6-7-14(15)18-11)12-4-2-3-5-13(12)16/h2-7,10,17H,8-9H2,1H3. The molecule has 2 aromatic rings. The summed E-state index contributed by atoms with van der Waals surface area (Å²) in [6.07, 6.45) is 1.01. The number of rotatable bonds is 5. The maximum atomic E-state index is 6.29. The maximum Gasteiger partial charge on any atom is 0.0701 e. The monoisotopic (exact) mass is 343 g/mol. The van der Waals surface area contributed by atoms with Crippen molar-refractivity contribution in [2.45, 2.75) is 12.3 Å². The molecule has 1 heterocycles. The van der Waals surface area contributed by atoms with Crippen molar-refractivity contribution < 1.29 is 0 Å². The molecule has 1 aromatic carbocycles. The van der Waals surface area contributed by atoms with Crippen LogP contribution in [-0.2, 0) is 6.42 Å². The summed E-state index contributed by atoms with van der Waals surface area (Å²) in [4.78, 5) is 1.38. The largest absolute Gasteiger partial charge is 0.319 e. The average molecular weight is 345 g/mol. The fourth-order valence-electron chi connectivity index (χ4n) is 2.05. The van der Waals surface area contributed by atoms with Gasteiger partial charge < -0.3 is 5.32 Å². The Morgan fingerprint density at radius 2 is 2.06 bits per heavy atom. The number of hydrogen-bond acceptors (Lipinski definition) is 2. The molecule has 0 aliphatic carbocycles. The Morgan fingerprint density at radius 1 is 1.28 bits per heavy atom. The van der Waals surface area contributed by atoms with Crippen molar-refractivity contribution in [1.82, 2.24) is 5.32 Å². The molecule has 18 heavy (non-hydrogen) atoms. The van der Waals surface area contributed by atoms with E-state index in [2.05, 4.69) is 39.4 Å². The van der Waals surface area contributed by atoms with Crippen molar-refractivity contribution in [1.29, 1.82) is 0 Å². The summed E-state index contributed by atoms with van der Waals surface area (Å²) >= 11 is 11.6. The number of benzene rings is 1. The second kappa shape index (κ2) is 6.71. The summed E-state index contributed by atoms with van der Waals surface area (Å²) in [7, 11) is 1.98. The molecule has 0 aliphatic rings. The predicted molar refractivity (Wildman–Crippen MR) is 83.8 cm³/mol. The van der Waals surface area contributed by atoms with Crippen LogP contribution >= 0.6 is 38.9 Å². The molecule has 0 saturated carbocycles. The third-order valence-electron chi connectivity index (χ3n) is 2.87. The summed E-state index contributed by atoms with van der Waals surface area (Å²) in [5.74, 6) is 0.411. The molecule has 1 nitrogen and oxygen atoms in total. The molecule has 0 radical (unpaired) electrons. The van der Waals surface area contributed by atoms with Gasteiger partial charge in [0.1, 0.15) is 0 Å². The summed E-state index contributed by atoms with van der Waals surface area (Å²) in [6.45, 7) is 0.930. The van der Waals surface area contributed by atoms with E-state index in [0.29, 0.717) is 5.92 Å². The summed E-state index contributed by atoms with van der Waals surface area (Å²) in [5, 5.41) is 4.11. The van der Waals surface area contributed by atoms with Crippen LogP contribution in [0.25, 0.3) is 0 Å². The minimum atomic E-state index is 0.411. The van der Waals surface area contributed by atoms with E-state index in [0.717, 1.165) is 18.0 Å². The Bertz CT molecular complexity index is 512. The van der Waals surface area contributed by atoms with Gasteiger partial charge in [-0.05, 0) is 53.2 Å². The summed E-state index contributed by atoms with van der Waals surface area (Å²) < 4.78 is 1.18. The van der Waals surface area contributed by atoms with Crippen molar-refractivity contribution in [2.75, 3.05) is 13.6 Å². The quantitative estimate of drug-likeness (QED) is 0.828. The van der Waals surface area contributed by atoms with Gasteiger partial charge in [0, 0.05) is 22.4 Å². The van der Waals surface area contributed by atoms with Crippen LogP contribution in [-0.4, -0.2) is 13.6 Å². The molecular formula is C14H15BrClNS. The second-order valence-electron chi connectivity index (χ2n) is 4.19. The molecule has 0 amide bonds. The molecule has 1 N–H and O–H groups in total. The van der Waals surface area contributed by atoms with Crippen LogP contribution in [0.5, 0.6) is 0 Å². The topological polar surface area (TPSA) is 12.0 Å². The fraction of sp³-hybridized carbons (Fsp3) is 0.286. The Morgan fingerprint density at radius 3 is 2.67 bits per heavy atom.